The Kier molecular flexibility index (Phi) is 4.94. The van der Waals surface area contributed by atoms with Gasteiger partial charge in [0.05, 0.1) is 16.1 Å². The van der Waals surface area contributed by atoms with Crippen molar-refractivity contribution in [3.05, 3.63) is 71.2 Å². The summed E-state index contributed by atoms with van der Waals surface area (Å²) < 4.78 is 16.1. The van der Waals surface area contributed by atoms with Crippen molar-refractivity contribution in [1.82, 2.24) is 19.7 Å². The smallest absolute Gasteiger partial charge is 0.253 e. The van der Waals surface area contributed by atoms with Gasteiger partial charge in [0.1, 0.15) is 5.82 Å². The van der Waals surface area contributed by atoms with E-state index in [2.05, 4.69) is 10.00 Å². The number of fused-ring (bicyclic) bond motifs is 1. The highest BCUT2D eigenvalue weighted by atomic mass is 32.1. The Hall–Kier alpha value is -3.26. The van der Waals surface area contributed by atoms with E-state index in [1.54, 1.807) is 28.2 Å². The molecule has 0 spiro atoms. The van der Waals surface area contributed by atoms with Gasteiger partial charge < -0.3 is 9.80 Å². The van der Waals surface area contributed by atoms with Crippen LogP contribution in [0.25, 0.3) is 16.0 Å². The largest absolute Gasteiger partial charge is 0.344 e. The fraction of sp³-hybridized carbons (Fsp3) is 0.261. The number of aromatic nitrogens is 3. The highest BCUT2D eigenvalue weighted by molar-refractivity contribution is 7.22. The van der Waals surface area contributed by atoms with Crippen molar-refractivity contribution in [3.8, 4) is 5.69 Å². The number of thiazole rings is 1. The molecule has 1 aliphatic rings. The van der Waals surface area contributed by atoms with Crippen LogP contribution in [0.3, 0.4) is 0 Å². The van der Waals surface area contributed by atoms with Gasteiger partial charge in [-0.3, -0.25) is 4.79 Å². The third-order valence-corrected chi connectivity index (χ3v) is 6.80. The highest BCUT2D eigenvalue weighted by Crippen LogP contribution is 2.33. The van der Waals surface area contributed by atoms with Gasteiger partial charge in [-0.15, -0.1) is 0 Å². The second-order valence-corrected chi connectivity index (χ2v) is 8.75. The number of anilines is 1. The fourth-order valence-corrected chi connectivity index (χ4v) is 4.84. The number of piperazine rings is 1. The lowest BCUT2D eigenvalue weighted by Gasteiger charge is -2.34. The Labute approximate surface area is 183 Å². The maximum absolute atomic E-state index is 13.3. The summed E-state index contributed by atoms with van der Waals surface area (Å²) in [6.07, 6.45) is 0. The van der Waals surface area contributed by atoms with Crippen molar-refractivity contribution < 1.29 is 9.18 Å². The topological polar surface area (TPSA) is 54.3 Å². The Morgan fingerprint density at radius 3 is 2.32 bits per heavy atom. The fourth-order valence-electron chi connectivity index (χ4n) is 3.80. The average Bonchev–Trinajstić information content (AvgIpc) is 3.35. The molecular weight excluding hydrogens is 413 g/mol. The van der Waals surface area contributed by atoms with Crippen LogP contribution in [-0.4, -0.2) is 51.8 Å². The molecule has 0 aliphatic carbocycles. The molecule has 0 unspecified atom stereocenters. The van der Waals surface area contributed by atoms with E-state index in [0.29, 0.717) is 13.1 Å². The minimum Gasteiger partial charge on any atom is -0.344 e. The monoisotopic (exact) mass is 435 g/mol. The van der Waals surface area contributed by atoms with E-state index in [1.165, 1.54) is 12.1 Å². The zero-order valence-electron chi connectivity index (χ0n) is 17.4. The molecule has 1 amide bonds. The van der Waals surface area contributed by atoms with Gasteiger partial charge in [0.15, 0.2) is 10.8 Å². The minimum atomic E-state index is -0.277. The summed E-state index contributed by atoms with van der Waals surface area (Å²) in [6.45, 7) is 6.76. The third kappa shape index (κ3) is 3.67. The standard InChI is InChI=1S/C23H22FN5OS/c1-15-3-5-17(6-4-15)22(30)27-11-13-28(14-12-27)23-25-21-20(31-23)16(2)26-29(21)19-9-7-18(24)8-10-19/h3-10H,11-14H2,1-2H3. The molecule has 2 aromatic carbocycles. The van der Waals surface area contributed by atoms with Gasteiger partial charge in [-0.2, -0.15) is 10.1 Å². The Morgan fingerprint density at radius 2 is 1.65 bits per heavy atom. The van der Waals surface area contributed by atoms with Crippen molar-refractivity contribution in [2.75, 3.05) is 31.1 Å². The van der Waals surface area contributed by atoms with Crippen molar-refractivity contribution >= 4 is 32.7 Å². The normalized spacial score (nSPS) is 14.4. The summed E-state index contributed by atoms with van der Waals surface area (Å²) in [7, 11) is 0. The molecule has 4 aromatic rings. The second kappa shape index (κ2) is 7.77. The van der Waals surface area contributed by atoms with Gasteiger partial charge in [-0.05, 0) is 50.2 Å². The van der Waals surface area contributed by atoms with Crippen LogP contribution in [0.1, 0.15) is 21.6 Å². The van der Waals surface area contributed by atoms with E-state index < -0.39 is 0 Å². The molecule has 5 rings (SSSR count). The van der Waals surface area contributed by atoms with E-state index >= 15 is 0 Å². The van der Waals surface area contributed by atoms with Gasteiger partial charge in [0.2, 0.25) is 0 Å². The molecule has 158 valence electrons. The molecular formula is C23H22FN5OS. The molecule has 3 heterocycles. The first-order valence-corrected chi connectivity index (χ1v) is 11.0. The zero-order chi connectivity index (χ0) is 21.5. The number of hydrogen-bond donors (Lipinski definition) is 0. The summed E-state index contributed by atoms with van der Waals surface area (Å²) in [5, 5.41) is 5.51. The van der Waals surface area contributed by atoms with Crippen LogP contribution in [0.2, 0.25) is 0 Å². The van der Waals surface area contributed by atoms with Crippen LogP contribution in [0.4, 0.5) is 9.52 Å². The van der Waals surface area contributed by atoms with E-state index in [1.807, 2.05) is 43.0 Å². The van der Waals surface area contributed by atoms with Gasteiger partial charge in [0.25, 0.3) is 5.91 Å². The molecule has 2 aromatic heterocycles. The average molecular weight is 436 g/mol. The van der Waals surface area contributed by atoms with Crippen LogP contribution in [0.15, 0.2) is 48.5 Å². The molecule has 0 bridgehead atoms. The molecule has 8 heteroatoms. The van der Waals surface area contributed by atoms with E-state index in [-0.39, 0.29) is 11.7 Å². The SMILES string of the molecule is Cc1ccc(C(=O)N2CCN(c3nc4c(s3)c(C)nn4-c3ccc(F)cc3)CC2)cc1. The summed E-state index contributed by atoms with van der Waals surface area (Å²) in [5.41, 5.74) is 4.34. The number of nitrogens with zero attached hydrogens (tertiary/aromatic N) is 5. The number of benzene rings is 2. The molecule has 6 nitrogen and oxygen atoms in total. The lowest BCUT2D eigenvalue weighted by atomic mass is 10.1. The second-order valence-electron chi connectivity index (χ2n) is 7.77. The first-order valence-electron chi connectivity index (χ1n) is 10.2. The van der Waals surface area contributed by atoms with Crippen LogP contribution < -0.4 is 4.90 Å². The van der Waals surface area contributed by atoms with Crippen molar-refractivity contribution in [2.24, 2.45) is 0 Å². The molecule has 0 atom stereocenters. The third-order valence-electron chi connectivity index (χ3n) is 5.58. The lowest BCUT2D eigenvalue weighted by Crippen LogP contribution is -2.48. The van der Waals surface area contributed by atoms with E-state index in [0.717, 1.165) is 51.1 Å². The van der Waals surface area contributed by atoms with Gasteiger partial charge in [-0.25, -0.2) is 9.07 Å². The Balaban J connectivity index is 1.34. The van der Waals surface area contributed by atoms with E-state index in [9.17, 15) is 9.18 Å². The predicted molar refractivity (Wildman–Crippen MR) is 121 cm³/mol. The van der Waals surface area contributed by atoms with Crippen molar-refractivity contribution in [2.45, 2.75) is 13.8 Å². The summed E-state index contributed by atoms with van der Waals surface area (Å²) >= 11 is 1.61. The molecule has 0 N–H and O–H groups in total. The number of rotatable bonds is 3. The van der Waals surface area contributed by atoms with Gasteiger partial charge >= 0.3 is 0 Å². The number of hydrogen-bond acceptors (Lipinski definition) is 5. The van der Waals surface area contributed by atoms with Crippen molar-refractivity contribution in [1.29, 1.82) is 0 Å². The zero-order valence-corrected chi connectivity index (χ0v) is 18.2. The maximum atomic E-state index is 13.3. The van der Waals surface area contributed by atoms with Gasteiger partial charge in [0, 0.05) is 31.7 Å². The number of halogens is 1. The Bertz CT molecular complexity index is 1240. The highest BCUT2D eigenvalue weighted by Gasteiger charge is 2.25. The first kappa shape index (κ1) is 19.7. The van der Waals surface area contributed by atoms with Gasteiger partial charge in [-0.1, -0.05) is 29.0 Å². The Morgan fingerprint density at radius 1 is 0.968 bits per heavy atom. The molecule has 1 aliphatic heterocycles. The number of carbonyl (C=O) groups excluding carboxylic acids is 1. The van der Waals surface area contributed by atoms with Crippen molar-refractivity contribution in [3.63, 3.8) is 0 Å². The maximum Gasteiger partial charge on any atom is 0.253 e. The molecule has 1 fully saturated rings. The number of amides is 1. The van der Waals surface area contributed by atoms with Crippen LogP contribution in [-0.2, 0) is 0 Å². The molecule has 1 saturated heterocycles. The van der Waals surface area contributed by atoms with Crippen LogP contribution in [0, 0.1) is 19.7 Å². The molecule has 0 saturated carbocycles. The minimum absolute atomic E-state index is 0.0757. The van der Waals surface area contributed by atoms with Crippen LogP contribution >= 0.6 is 11.3 Å². The summed E-state index contributed by atoms with van der Waals surface area (Å²) in [4.78, 5) is 21.7. The molecule has 0 radical (unpaired) electrons. The first-order chi connectivity index (χ1) is 15.0. The summed E-state index contributed by atoms with van der Waals surface area (Å²) in [6, 6.07) is 14.0. The van der Waals surface area contributed by atoms with E-state index in [4.69, 9.17) is 4.98 Å². The number of carbonyl (C=O) groups is 1. The summed E-state index contributed by atoms with van der Waals surface area (Å²) in [5.74, 6) is -0.201. The number of aryl methyl sites for hydroxylation is 2. The quantitative estimate of drug-likeness (QED) is 0.484. The van der Waals surface area contributed by atoms with Crippen LogP contribution in [0.5, 0.6) is 0 Å². The lowest BCUT2D eigenvalue weighted by molar-refractivity contribution is 0.0747. The predicted octanol–water partition coefficient (Wildman–Crippen LogP) is 4.20. The molecule has 31 heavy (non-hydrogen) atoms.